The average molecular weight is 343 g/mol. The van der Waals surface area contributed by atoms with Gasteiger partial charge in [0.15, 0.2) is 5.96 Å². The van der Waals surface area contributed by atoms with E-state index in [0.717, 1.165) is 13.0 Å². The van der Waals surface area contributed by atoms with Crippen molar-refractivity contribution in [2.75, 3.05) is 39.9 Å². The quantitative estimate of drug-likeness (QED) is 0.313. The lowest BCUT2D eigenvalue weighted by Gasteiger charge is -2.12. The molecule has 0 amide bonds. The minimum absolute atomic E-state index is 0.151. The molecule has 1 aromatic heterocycles. The smallest absolute Gasteiger partial charge is 0.242 e. The van der Waals surface area contributed by atoms with Crippen molar-refractivity contribution in [1.29, 1.82) is 0 Å². The minimum Gasteiger partial charge on any atom is -0.382 e. The van der Waals surface area contributed by atoms with Crippen LogP contribution in [0.4, 0.5) is 0 Å². The Balaban J connectivity index is 2.25. The maximum Gasteiger partial charge on any atom is 0.242 e. The van der Waals surface area contributed by atoms with E-state index < -0.39 is 10.0 Å². The fourth-order valence-electron chi connectivity index (χ4n) is 1.70. The number of pyridine rings is 1. The van der Waals surface area contributed by atoms with Crippen LogP contribution in [0.25, 0.3) is 0 Å². The van der Waals surface area contributed by atoms with Crippen LogP contribution in [0.3, 0.4) is 0 Å². The number of aromatic nitrogens is 1. The van der Waals surface area contributed by atoms with Crippen LogP contribution >= 0.6 is 0 Å². The lowest BCUT2D eigenvalue weighted by molar-refractivity contribution is 0.145. The van der Waals surface area contributed by atoms with Crippen molar-refractivity contribution >= 4 is 16.0 Å². The molecule has 3 N–H and O–H groups in total. The molecule has 0 fully saturated rings. The van der Waals surface area contributed by atoms with Crippen molar-refractivity contribution in [1.82, 2.24) is 20.3 Å². The molecule has 0 spiro atoms. The molecule has 1 rings (SSSR count). The van der Waals surface area contributed by atoms with Crippen molar-refractivity contribution in [3.8, 4) is 0 Å². The Labute approximate surface area is 137 Å². The van der Waals surface area contributed by atoms with Gasteiger partial charge in [-0.25, -0.2) is 13.1 Å². The van der Waals surface area contributed by atoms with Crippen molar-refractivity contribution < 1.29 is 13.2 Å². The number of rotatable bonds is 10. The van der Waals surface area contributed by atoms with Crippen LogP contribution in [0.5, 0.6) is 0 Å². The normalized spacial score (nSPS) is 12.2. The fraction of sp³-hybridized carbons (Fsp3) is 0.571. The minimum atomic E-state index is -3.52. The molecule has 0 aromatic carbocycles. The Morgan fingerprint density at radius 1 is 1.30 bits per heavy atom. The lowest BCUT2D eigenvalue weighted by atomic mass is 10.4. The average Bonchev–Trinajstić information content (AvgIpc) is 2.57. The second-order valence-electron chi connectivity index (χ2n) is 4.56. The van der Waals surface area contributed by atoms with Gasteiger partial charge in [0.2, 0.25) is 10.0 Å². The predicted octanol–water partition coefficient (Wildman–Crippen LogP) is -0.0485. The van der Waals surface area contributed by atoms with Crippen molar-refractivity contribution in [3.63, 3.8) is 0 Å². The number of aliphatic imine (C=N–C) groups is 1. The van der Waals surface area contributed by atoms with E-state index in [9.17, 15) is 8.42 Å². The van der Waals surface area contributed by atoms with Crippen LogP contribution in [0, 0.1) is 0 Å². The molecule has 0 radical (unpaired) electrons. The van der Waals surface area contributed by atoms with E-state index in [-0.39, 0.29) is 11.4 Å². The zero-order valence-electron chi connectivity index (χ0n) is 13.6. The molecular weight excluding hydrogens is 318 g/mol. The Morgan fingerprint density at radius 2 is 2.09 bits per heavy atom. The van der Waals surface area contributed by atoms with Gasteiger partial charge < -0.3 is 15.4 Å². The maximum absolute atomic E-state index is 12.0. The number of nitrogens with one attached hydrogen (secondary N) is 3. The summed E-state index contributed by atoms with van der Waals surface area (Å²) >= 11 is 0. The molecule has 0 bridgehead atoms. The van der Waals surface area contributed by atoms with Gasteiger partial charge in [-0.1, -0.05) is 0 Å². The number of hydrogen-bond acceptors (Lipinski definition) is 5. The highest BCUT2D eigenvalue weighted by molar-refractivity contribution is 7.89. The maximum atomic E-state index is 12.0. The number of guanidine groups is 1. The van der Waals surface area contributed by atoms with E-state index in [1.807, 2.05) is 6.92 Å². The predicted molar refractivity (Wildman–Crippen MR) is 89.9 cm³/mol. The van der Waals surface area contributed by atoms with E-state index in [4.69, 9.17) is 4.74 Å². The van der Waals surface area contributed by atoms with Crippen LogP contribution in [0.1, 0.15) is 13.3 Å². The zero-order chi connectivity index (χ0) is 17.0. The summed E-state index contributed by atoms with van der Waals surface area (Å²) in [4.78, 5) is 8.02. The first-order valence-corrected chi connectivity index (χ1v) is 9.00. The van der Waals surface area contributed by atoms with Crippen LogP contribution in [0.15, 0.2) is 34.4 Å². The van der Waals surface area contributed by atoms with Crippen LogP contribution in [-0.2, 0) is 14.8 Å². The van der Waals surface area contributed by atoms with E-state index in [2.05, 4.69) is 25.3 Å². The first kappa shape index (κ1) is 19.3. The largest absolute Gasteiger partial charge is 0.382 e. The molecule has 0 unspecified atom stereocenters. The zero-order valence-corrected chi connectivity index (χ0v) is 14.4. The summed E-state index contributed by atoms with van der Waals surface area (Å²) < 4.78 is 31.7. The van der Waals surface area contributed by atoms with Crippen LogP contribution in [0.2, 0.25) is 0 Å². The number of ether oxygens (including phenoxy) is 1. The van der Waals surface area contributed by atoms with Crippen molar-refractivity contribution in [2.45, 2.75) is 18.2 Å². The second-order valence-corrected chi connectivity index (χ2v) is 6.33. The lowest BCUT2D eigenvalue weighted by Crippen LogP contribution is -2.42. The molecule has 0 aliphatic rings. The van der Waals surface area contributed by atoms with Gasteiger partial charge in [0.05, 0.1) is 0 Å². The van der Waals surface area contributed by atoms with Gasteiger partial charge in [-0.3, -0.25) is 9.98 Å². The highest BCUT2D eigenvalue weighted by Gasteiger charge is 2.12. The first-order valence-electron chi connectivity index (χ1n) is 7.52. The summed E-state index contributed by atoms with van der Waals surface area (Å²) in [6.07, 6.45) is 3.72. The molecule has 0 saturated heterocycles. The van der Waals surface area contributed by atoms with E-state index in [1.54, 1.807) is 13.1 Å². The van der Waals surface area contributed by atoms with Crippen molar-refractivity contribution in [3.05, 3.63) is 24.5 Å². The fourth-order valence-corrected chi connectivity index (χ4v) is 2.70. The van der Waals surface area contributed by atoms with Gasteiger partial charge >= 0.3 is 0 Å². The third-order valence-corrected chi connectivity index (χ3v) is 4.29. The summed E-state index contributed by atoms with van der Waals surface area (Å²) in [6, 6.07) is 3.09. The van der Waals surface area contributed by atoms with E-state index in [0.29, 0.717) is 25.7 Å². The third kappa shape index (κ3) is 7.91. The standard InChI is InChI=1S/C14H25N5O3S/c1-3-22-11-5-8-17-14(15-2)18-9-10-19-23(20,21)13-6-4-7-16-12-13/h4,6-7,12,19H,3,5,8-11H2,1-2H3,(H2,15,17,18). The van der Waals surface area contributed by atoms with Crippen LogP contribution in [-0.4, -0.2) is 59.3 Å². The Bertz CT molecular complexity index is 563. The monoisotopic (exact) mass is 343 g/mol. The van der Waals surface area contributed by atoms with E-state index >= 15 is 0 Å². The molecule has 130 valence electrons. The van der Waals surface area contributed by atoms with Gasteiger partial charge in [-0.15, -0.1) is 0 Å². The highest BCUT2D eigenvalue weighted by Crippen LogP contribution is 2.04. The molecule has 0 aliphatic heterocycles. The summed E-state index contributed by atoms with van der Waals surface area (Å²) in [5.41, 5.74) is 0. The van der Waals surface area contributed by atoms with Crippen molar-refractivity contribution in [2.24, 2.45) is 4.99 Å². The summed E-state index contributed by atoms with van der Waals surface area (Å²) in [7, 11) is -1.86. The second kappa shape index (κ2) is 10.9. The SMILES string of the molecule is CCOCCCNC(=NC)NCCNS(=O)(=O)c1cccnc1. The summed E-state index contributed by atoms with van der Waals surface area (Å²) in [5.74, 6) is 0.627. The molecule has 0 saturated carbocycles. The Hall–Kier alpha value is -1.71. The first-order chi connectivity index (χ1) is 11.1. The molecule has 1 aromatic rings. The molecule has 0 aliphatic carbocycles. The van der Waals surface area contributed by atoms with E-state index in [1.165, 1.54) is 18.5 Å². The number of nitrogens with zero attached hydrogens (tertiary/aromatic N) is 2. The van der Waals surface area contributed by atoms with Gasteiger partial charge in [0.25, 0.3) is 0 Å². The third-order valence-electron chi connectivity index (χ3n) is 2.84. The van der Waals surface area contributed by atoms with Gasteiger partial charge in [-0.05, 0) is 25.5 Å². The topological polar surface area (TPSA) is 105 Å². The Morgan fingerprint density at radius 3 is 2.74 bits per heavy atom. The number of sulfonamides is 1. The van der Waals surface area contributed by atoms with Gasteiger partial charge in [-0.2, -0.15) is 0 Å². The van der Waals surface area contributed by atoms with Crippen LogP contribution < -0.4 is 15.4 Å². The molecule has 0 atom stereocenters. The summed E-state index contributed by atoms with van der Waals surface area (Å²) in [5, 5.41) is 6.17. The Kier molecular flexibility index (Phi) is 9.18. The van der Waals surface area contributed by atoms with Gasteiger partial charge in [0.1, 0.15) is 4.90 Å². The molecule has 23 heavy (non-hydrogen) atoms. The molecule has 1 heterocycles. The summed E-state index contributed by atoms with van der Waals surface area (Å²) in [6.45, 7) is 4.78. The molecular formula is C14H25N5O3S. The molecule has 8 nitrogen and oxygen atoms in total. The molecule has 9 heteroatoms. The highest BCUT2D eigenvalue weighted by atomic mass is 32.2. The number of hydrogen-bond donors (Lipinski definition) is 3. The van der Waals surface area contributed by atoms with Gasteiger partial charge in [0, 0.05) is 52.3 Å².